The number of methoxy groups -OCH3 is 1. The first-order valence-corrected chi connectivity index (χ1v) is 17.1. The average molecular weight is 648 g/mol. The minimum atomic E-state index is -0.632. The van der Waals surface area contributed by atoms with Gasteiger partial charge in [-0.05, 0) is 94.7 Å². The lowest BCUT2D eigenvalue weighted by molar-refractivity contribution is 0.0386. The Morgan fingerprint density at radius 3 is 2.68 bits per heavy atom. The molecule has 1 aromatic carbocycles. The number of aromatic nitrogens is 5. The first-order valence-electron chi connectivity index (χ1n) is 17.1. The lowest BCUT2D eigenvalue weighted by Crippen LogP contribution is -2.43. The highest BCUT2D eigenvalue weighted by molar-refractivity contribution is 5.99. The third kappa shape index (κ3) is 5.51. The number of anilines is 1. The van der Waals surface area contributed by atoms with Gasteiger partial charge in [0, 0.05) is 50.0 Å². The number of aliphatic hydroxyl groups excluding tert-OH is 1. The maximum absolute atomic E-state index is 17.0. The predicted molar refractivity (Wildman–Crippen MR) is 175 cm³/mol. The number of pyridine rings is 1. The Balaban J connectivity index is 1.19. The van der Waals surface area contributed by atoms with E-state index < -0.39 is 11.6 Å². The summed E-state index contributed by atoms with van der Waals surface area (Å²) in [7, 11) is 3.59. The molecule has 12 heteroatoms. The quantitative estimate of drug-likeness (QED) is 0.203. The summed E-state index contributed by atoms with van der Waals surface area (Å²) >= 11 is 0. The zero-order valence-corrected chi connectivity index (χ0v) is 27.1. The molecule has 10 nitrogen and oxygen atoms in total. The summed E-state index contributed by atoms with van der Waals surface area (Å²) in [6, 6.07) is 1.57. The number of hydrogen-bond acceptors (Lipinski definition) is 9. The van der Waals surface area contributed by atoms with Crippen LogP contribution in [-0.2, 0) is 4.74 Å². The van der Waals surface area contributed by atoms with Gasteiger partial charge in [-0.3, -0.25) is 15.0 Å². The van der Waals surface area contributed by atoms with E-state index in [1.54, 1.807) is 19.5 Å². The van der Waals surface area contributed by atoms with Crippen LogP contribution in [0.1, 0.15) is 69.3 Å². The van der Waals surface area contributed by atoms with E-state index in [9.17, 15) is 5.11 Å². The average Bonchev–Trinajstić information content (AvgIpc) is 3.33. The van der Waals surface area contributed by atoms with Gasteiger partial charge in [-0.1, -0.05) is 0 Å². The molecule has 5 heterocycles. The Bertz CT molecular complexity index is 1780. The van der Waals surface area contributed by atoms with E-state index in [0.717, 1.165) is 70.9 Å². The van der Waals surface area contributed by atoms with E-state index in [1.807, 2.05) is 11.9 Å². The smallest absolute Gasteiger partial charge is 0.319 e. The second-order valence-electron chi connectivity index (χ2n) is 14.3. The lowest BCUT2D eigenvalue weighted by atomic mass is 9.79. The van der Waals surface area contributed by atoms with Crippen LogP contribution in [0.25, 0.3) is 33.1 Å². The first kappa shape index (κ1) is 30.8. The molecule has 4 aromatic rings. The van der Waals surface area contributed by atoms with Gasteiger partial charge in [0.25, 0.3) is 0 Å². The van der Waals surface area contributed by atoms with Gasteiger partial charge in [0.1, 0.15) is 29.5 Å². The van der Waals surface area contributed by atoms with Crippen molar-refractivity contribution in [3.05, 3.63) is 35.7 Å². The van der Waals surface area contributed by atoms with Crippen LogP contribution in [0.5, 0.6) is 6.01 Å². The van der Waals surface area contributed by atoms with Crippen molar-refractivity contribution >= 4 is 27.6 Å². The van der Waals surface area contributed by atoms with Crippen LogP contribution in [0.15, 0.2) is 18.5 Å². The van der Waals surface area contributed by atoms with Crippen molar-refractivity contribution < 1.29 is 23.4 Å². The zero-order chi connectivity index (χ0) is 32.3. The zero-order valence-electron chi connectivity index (χ0n) is 27.1. The maximum Gasteiger partial charge on any atom is 0.319 e. The van der Waals surface area contributed by atoms with Crippen molar-refractivity contribution in [2.75, 3.05) is 51.9 Å². The van der Waals surface area contributed by atoms with Gasteiger partial charge in [-0.25, -0.2) is 8.78 Å². The van der Waals surface area contributed by atoms with Crippen LogP contribution < -0.4 is 9.64 Å². The summed E-state index contributed by atoms with van der Waals surface area (Å²) in [6.07, 6.45) is 11.9. The molecule has 47 heavy (non-hydrogen) atoms. The van der Waals surface area contributed by atoms with Gasteiger partial charge in [0.2, 0.25) is 0 Å². The van der Waals surface area contributed by atoms with Gasteiger partial charge in [-0.15, -0.1) is 0 Å². The Morgan fingerprint density at radius 1 is 1.11 bits per heavy atom. The third-order valence-electron chi connectivity index (χ3n) is 11.2. The lowest BCUT2D eigenvalue weighted by Gasteiger charge is -2.32. The predicted octanol–water partition coefficient (Wildman–Crippen LogP) is 5.59. The van der Waals surface area contributed by atoms with Crippen molar-refractivity contribution in [2.24, 2.45) is 11.8 Å². The summed E-state index contributed by atoms with van der Waals surface area (Å²) < 4.78 is 44.6. The normalized spacial score (nSPS) is 25.0. The molecule has 2 aliphatic carbocycles. The Kier molecular flexibility index (Phi) is 8.00. The molecular formula is C35H43F2N7O3. The van der Waals surface area contributed by atoms with Crippen LogP contribution in [0, 0.1) is 23.5 Å². The molecule has 2 N–H and O–H groups in total. The van der Waals surface area contributed by atoms with Crippen LogP contribution in [-0.4, -0.2) is 93.8 Å². The molecule has 8 rings (SSSR count). The van der Waals surface area contributed by atoms with Gasteiger partial charge in [0.05, 0.1) is 28.7 Å². The molecule has 4 aliphatic rings. The maximum atomic E-state index is 17.0. The van der Waals surface area contributed by atoms with Crippen molar-refractivity contribution in [3.63, 3.8) is 0 Å². The van der Waals surface area contributed by atoms with Gasteiger partial charge in [-0.2, -0.15) is 15.1 Å². The van der Waals surface area contributed by atoms with E-state index in [2.05, 4.69) is 25.1 Å². The number of fused-ring (bicyclic) bond motifs is 3. The van der Waals surface area contributed by atoms with Crippen LogP contribution in [0.4, 0.5) is 14.6 Å². The van der Waals surface area contributed by atoms with Crippen LogP contribution >= 0.6 is 0 Å². The molecule has 0 amide bonds. The minimum absolute atomic E-state index is 0.0218. The van der Waals surface area contributed by atoms with E-state index in [4.69, 9.17) is 14.5 Å². The summed E-state index contributed by atoms with van der Waals surface area (Å²) in [5.74, 6) is 0.0914. The molecule has 2 aliphatic heterocycles. The third-order valence-corrected chi connectivity index (χ3v) is 11.2. The highest BCUT2D eigenvalue weighted by Gasteiger charge is 2.45. The first-order chi connectivity index (χ1) is 22.8. The topological polar surface area (TPSA) is 113 Å². The number of nitrogens with one attached hydrogen (secondary N) is 1. The molecule has 250 valence electrons. The highest BCUT2D eigenvalue weighted by atomic mass is 19.1. The second-order valence-corrected chi connectivity index (χ2v) is 14.3. The van der Waals surface area contributed by atoms with E-state index in [1.165, 1.54) is 6.07 Å². The van der Waals surface area contributed by atoms with Crippen molar-refractivity contribution in [1.82, 2.24) is 30.0 Å². The molecular weight excluding hydrogens is 604 g/mol. The van der Waals surface area contributed by atoms with Gasteiger partial charge >= 0.3 is 6.01 Å². The van der Waals surface area contributed by atoms with E-state index >= 15 is 8.78 Å². The number of aliphatic hydroxyl groups is 1. The Hall–Kier alpha value is -3.48. The summed E-state index contributed by atoms with van der Waals surface area (Å²) in [6.45, 7) is 3.80. The van der Waals surface area contributed by atoms with Crippen molar-refractivity contribution in [2.45, 2.75) is 75.3 Å². The largest absolute Gasteiger partial charge is 0.461 e. The van der Waals surface area contributed by atoms with Gasteiger partial charge < -0.3 is 19.5 Å². The van der Waals surface area contributed by atoms with E-state index in [0.29, 0.717) is 58.9 Å². The SMILES string of the molecule is COCC1CC1c1c(F)cc2[nH]ncc2c1-c1ncc2c(N(C)CCCC3CC(O)C3)nc(OCC34CCCN3CCC4)nc2c1F. The van der Waals surface area contributed by atoms with Crippen LogP contribution in [0.3, 0.4) is 0 Å². The summed E-state index contributed by atoms with van der Waals surface area (Å²) in [5, 5.41) is 17.8. The molecule has 0 bridgehead atoms. The van der Waals surface area contributed by atoms with Crippen LogP contribution in [0.2, 0.25) is 0 Å². The number of nitrogens with zero attached hydrogens (tertiary/aromatic N) is 6. The van der Waals surface area contributed by atoms with E-state index in [-0.39, 0.29) is 40.7 Å². The standard InChI is InChI=1S/C35H43F2N7O3/c1-43(9-3-6-20-12-22(45)13-20)33-25-16-38-32(29-24-17-39-42-27(24)15-26(36)28(29)23-14-21(23)18-46-2)30(37)31(25)40-34(41-33)47-19-35-7-4-10-44(35)11-5-8-35/h15-17,20-23,45H,3-14,18-19H2,1-2H3,(H,39,42). The molecule has 2 atom stereocenters. The minimum Gasteiger partial charge on any atom is -0.461 e. The fourth-order valence-electron chi connectivity index (χ4n) is 8.56. The Morgan fingerprint density at radius 2 is 1.91 bits per heavy atom. The monoisotopic (exact) mass is 647 g/mol. The van der Waals surface area contributed by atoms with Crippen molar-refractivity contribution in [1.29, 1.82) is 0 Å². The number of rotatable bonds is 12. The number of halogens is 2. The molecule has 2 saturated carbocycles. The van der Waals surface area contributed by atoms with Crippen molar-refractivity contribution in [3.8, 4) is 17.3 Å². The molecule has 4 fully saturated rings. The number of aromatic amines is 1. The fourth-order valence-corrected chi connectivity index (χ4v) is 8.56. The molecule has 0 radical (unpaired) electrons. The number of hydrogen-bond donors (Lipinski definition) is 2. The second kappa shape index (κ2) is 12.2. The number of ether oxygens (including phenoxy) is 2. The number of benzene rings is 1. The highest BCUT2D eigenvalue weighted by Crippen LogP contribution is 2.53. The number of H-pyrrole nitrogens is 1. The molecule has 3 aromatic heterocycles. The summed E-state index contributed by atoms with van der Waals surface area (Å²) in [4.78, 5) is 18.7. The molecule has 2 saturated heterocycles. The Labute approximate surface area is 272 Å². The molecule has 2 unspecified atom stereocenters. The fraction of sp³-hybridized carbons (Fsp3) is 0.600. The summed E-state index contributed by atoms with van der Waals surface area (Å²) in [5.41, 5.74) is 1.45. The molecule has 0 spiro atoms. The van der Waals surface area contributed by atoms with Gasteiger partial charge in [0.15, 0.2) is 5.82 Å².